The van der Waals surface area contributed by atoms with E-state index in [0.717, 1.165) is 10.5 Å². The average Bonchev–Trinajstić information content (AvgIpc) is 2.83. The number of hydrogen-bond donors (Lipinski definition) is 3. The highest BCUT2D eigenvalue weighted by Crippen LogP contribution is 2.25. The maximum Gasteiger partial charge on any atom is 0.245 e. The molecule has 0 heterocycles. The Morgan fingerprint density at radius 1 is 0.971 bits per heavy atom. The summed E-state index contributed by atoms with van der Waals surface area (Å²) in [5, 5.41) is 18.3. The lowest BCUT2D eigenvalue weighted by Crippen LogP contribution is -2.41. The third-order valence-electron chi connectivity index (χ3n) is 4.50. The number of carbonyl (C=O) groups is 1. The molecule has 3 rings (SSSR count). The number of rotatable bonds is 11. The van der Waals surface area contributed by atoms with Crippen LogP contribution >= 0.6 is 27.5 Å². The molecule has 0 spiro atoms. The number of carbonyl (C=O) groups excluding carboxylic acids is 1. The van der Waals surface area contributed by atoms with Gasteiger partial charge in [-0.3, -0.25) is 4.79 Å². The van der Waals surface area contributed by atoms with Gasteiger partial charge in [0.15, 0.2) is 12.0 Å². The Labute approximate surface area is 210 Å². The number of ether oxygens (including phenoxy) is 2. The van der Waals surface area contributed by atoms with Gasteiger partial charge in [-0.25, -0.2) is 8.42 Å². The van der Waals surface area contributed by atoms with E-state index in [-0.39, 0.29) is 28.7 Å². The molecule has 0 aliphatic rings. The van der Waals surface area contributed by atoms with Crippen molar-refractivity contribution >= 4 is 43.3 Å². The smallest absolute Gasteiger partial charge is 0.245 e. The summed E-state index contributed by atoms with van der Waals surface area (Å²) < 4.78 is 39.8. The Bertz CT molecular complexity index is 1240. The van der Waals surface area contributed by atoms with E-state index in [0.29, 0.717) is 17.1 Å². The predicted molar refractivity (Wildman–Crippen MR) is 130 cm³/mol. The van der Waals surface area contributed by atoms with Gasteiger partial charge in [0, 0.05) is 15.6 Å². The second kappa shape index (κ2) is 11.8. The van der Waals surface area contributed by atoms with E-state index < -0.39 is 28.6 Å². The molecule has 3 aromatic rings. The molecule has 3 N–H and O–H groups in total. The normalized spacial score (nSPS) is 12.2. The molecule has 0 bridgehead atoms. The number of aliphatic hydroxyl groups is 2. The second-order valence-electron chi connectivity index (χ2n) is 6.94. The first-order chi connectivity index (χ1) is 16.2. The third kappa shape index (κ3) is 6.78. The lowest BCUT2D eigenvalue weighted by molar-refractivity contribution is 0.103. The van der Waals surface area contributed by atoms with E-state index in [4.69, 9.17) is 26.2 Å². The molecule has 0 amide bonds. The summed E-state index contributed by atoms with van der Waals surface area (Å²) in [6.45, 7) is -0.655. The van der Waals surface area contributed by atoms with Crippen LogP contribution in [-0.4, -0.2) is 50.5 Å². The van der Waals surface area contributed by atoms with Gasteiger partial charge >= 0.3 is 0 Å². The summed E-state index contributed by atoms with van der Waals surface area (Å²) in [5.41, 5.74) is 0.407. The summed E-state index contributed by atoms with van der Waals surface area (Å²) in [7, 11) is -4.26. The van der Waals surface area contributed by atoms with Crippen LogP contribution in [-0.2, 0) is 10.0 Å². The standard InChI is InChI=1S/C23H21BrClNO7S/c24-17-4-8-19(9-5-17)33-22(14-28)26-34(30,31)21-13-16(3-10-20(21)25)23(29)15-1-6-18(7-2-15)32-12-11-27/h1-10,13,22,26-28H,11-12,14H2. The molecule has 0 radical (unpaired) electrons. The van der Waals surface area contributed by atoms with E-state index in [1.165, 1.54) is 24.3 Å². The molecule has 0 aliphatic carbocycles. The van der Waals surface area contributed by atoms with Crippen molar-refractivity contribution in [3.63, 3.8) is 0 Å². The Balaban J connectivity index is 1.80. The number of halogens is 2. The molecule has 0 fully saturated rings. The zero-order chi connectivity index (χ0) is 24.7. The summed E-state index contributed by atoms with van der Waals surface area (Å²) in [6, 6.07) is 16.7. The molecule has 1 atom stereocenters. The quantitative estimate of drug-likeness (QED) is 0.239. The number of hydrogen-bond acceptors (Lipinski definition) is 7. The average molecular weight is 571 g/mol. The van der Waals surface area contributed by atoms with Crippen LogP contribution in [0.25, 0.3) is 0 Å². The Kier molecular flexibility index (Phi) is 9.06. The SMILES string of the molecule is O=C(c1ccc(OCCO)cc1)c1ccc(Cl)c(S(=O)(=O)NC(CO)Oc2ccc(Br)cc2)c1. The summed E-state index contributed by atoms with van der Waals surface area (Å²) in [5.74, 6) is 0.396. The van der Waals surface area contributed by atoms with Gasteiger partial charge in [-0.05, 0) is 66.7 Å². The lowest BCUT2D eigenvalue weighted by atomic mass is 10.0. The number of ketones is 1. The monoisotopic (exact) mass is 569 g/mol. The fraction of sp³-hybridized carbons (Fsp3) is 0.174. The predicted octanol–water partition coefficient (Wildman–Crippen LogP) is 3.38. The largest absolute Gasteiger partial charge is 0.491 e. The van der Waals surface area contributed by atoms with Crippen LogP contribution in [0.2, 0.25) is 5.02 Å². The van der Waals surface area contributed by atoms with Crippen LogP contribution in [0.15, 0.2) is 76.1 Å². The molecule has 0 aromatic heterocycles. The highest BCUT2D eigenvalue weighted by Gasteiger charge is 2.25. The first-order valence-electron chi connectivity index (χ1n) is 9.97. The molecule has 0 aliphatic heterocycles. The third-order valence-corrected chi connectivity index (χ3v) is 6.96. The highest BCUT2D eigenvalue weighted by molar-refractivity contribution is 9.10. The van der Waals surface area contributed by atoms with Gasteiger partial charge in [0.2, 0.25) is 10.0 Å². The van der Waals surface area contributed by atoms with Crippen LogP contribution in [0.1, 0.15) is 15.9 Å². The molecule has 11 heteroatoms. The highest BCUT2D eigenvalue weighted by atomic mass is 79.9. The molecule has 8 nitrogen and oxygen atoms in total. The number of aliphatic hydroxyl groups excluding tert-OH is 2. The Morgan fingerprint density at radius 3 is 2.21 bits per heavy atom. The lowest BCUT2D eigenvalue weighted by Gasteiger charge is -2.19. The van der Waals surface area contributed by atoms with Crippen LogP contribution in [0.4, 0.5) is 0 Å². The van der Waals surface area contributed by atoms with Crippen molar-refractivity contribution < 1.29 is 32.9 Å². The van der Waals surface area contributed by atoms with Crippen molar-refractivity contribution in [2.75, 3.05) is 19.8 Å². The van der Waals surface area contributed by atoms with Gasteiger partial charge in [0.1, 0.15) is 23.0 Å². The van der Waals surface area contributed by atoms with Gasteiger partial charge in [-0.1, -0.05) is 27.5 Å². The second-order valence-corrected chi connectivity index (χ2v) is 9.94. The number of nitrogens with one attached hydrogen (secondary N) is 1. The van der Waals surface area contributed by atoms with Crippen LogP contribution < -0.4 is 14.2 Å². The van der Waals surface area contributed by atoms with Gasteiger partial charge in [0.25, 0.3) is 0 Å². The van der Waals surface area contributed by atoms with Crippen LogP contribution in [0.3, 0.4) is 0 Å². The molecule has 180 valence electrons. The summed E-state index contributed by atoms with van der Waals surface area (Å²) >= 11 is 9.42. The van der Waals surface area contributed by atoms with Gasteiger partial charge in [-0.15, -0.1) is 0 Å². The van der Waals surface area contributed by atoms with E-state index in [1.54, 1.807) is 36.4 Å². The van der Waals surface area contributed by atoms with Crippen molar-refractivity contribution in [1.82, 2.24) is 4.72 Å². The van der Waals surface area contributed by atoms with E-state index in [1.807, 2.05) is 0 Å². The molecule has 0 saturated heterocycles. The Morgan fingerprint density at radius 2 is 1.59 bits per heavy atom. The van der Waals surface area contributed by atoms with Crippen molar-refractivity contribution in [1.29, 1.82) is 0 Å². The van der Waals surface area contributed by atoms with Crippen molar-refractivity contribution in [3.05, 3.63) is 87.4 Å². The van der Waals surface area contributed by atoms with Crippen molar-refractivity contribution in [3.8, 4) is 11.5 Å². The maximum absolute atomic E-state index is 13.0. The van der Waals surface area contributed by atoms with Gasteiger partial charge in [0.05, 0.1) is 18.2 Å². The first-order valence-corrected chi connectivity index (χ1v) is 12.6. The van der Waals surface area contributed by atoms with E-state index >= 15 is 0 Å². The van der Waals surface area contributed by atoms with Crippen LogP contribution in [0, 0.1) is 0 Å². The van der Waals surface area contributed by atoms with Gasteiger partial charge in [-0.2, -0.15) is 4.72 Å². The fourth-order valence-electron chi connectivity index (χ4n) is 2.90. The molecule has 0 saturated carbocycles. The zero-order valence-electron chi connectivity index (χ0n) is 17.6. The molecular weight excluding hydrogens is 550 g/mol. The van der Waals surface area contributed by atoms with Gasteiger partial charge < -0.3 is 19.7 Å². The maximum atomic E-state index is 13.0. The number of sulfonamides is 1. The van der Waals surface area contributed by atoms with Crippen LogP contribution in [0.5, 0.6) is 11.5 Å². The van der Waals surface area contributed by atoms with E-state index in [9.17, 15) is 18.3 Å². The molecule has 3 aromatic carbocycles. The zero-order valence-corrected chi connectivity index (χ0v) is 20.8. The van der Waals surface area contributed by atoms with Crippen molar-refractivity contribution in [2.45, 2.75) is 11.1 Å². The minimum absolute atomic E-state index is 0.0999. The minimum atomic E-state index is -4.26. The molecule has 34 heavy (non-hydrogen) atoms. The summed E-state index contributed by atoms with van der Waals surface area (Å²) in [6.07, 6.45) is -1.28. The Hall–Kier alpha value is -2.47. The molecule has 1 unspecified atom stereocenters. The van der Waals surface area contributed by atoms with E-state index in [2.05, 4.69) is 20.7 Å². The fourth-order valence-corrected chi connectivity index (χ4v) is 4.78. The minimum Gasteiger partial charge on any atom is -0.491 e. The first kappa shape index (κ1) is 26.1. The topological polar surface area (TPSA) is 122 Å². The summed E-state index contributed by atoms with van der Waals surface area (Å²) in [4.78, 5) is 12.6. The number of benzene rings is 3. The van der Waals surface area contributed by atoms with Crippen molar-refractivity contribution in [2.24, 2.45) is 0 Å². The molecular formula is C23H21BrClNO7S.